The summed E-state index contributed by atoms with van der Waals surface area (Å²) in [6.07, 6.45) is 0. The van der Waals surface area contributed by atoms with Crippen LogP contribution in [0, 0.1) is 0 Å². The Hall–Kier alpha value is 1.62. The SMILES string of the molecule is Brc1cc2c3cc(Br)c(Br)cc3c3cc(Br)c(Br)cc3c2cc1Br.Brc1cc2c3cc(Br)c(Br)cc3c3cc(Br)c(Br)cc3c2cc1Br.Brc1cc2c3cc(Br)c(Br)cc3c3cc(Br)c(Br)cc3c2cc1Br. The first kappa shape index (κ1) is 56.9. The van der Waals surface area contributed by atoms with Crippen molar-refractivity contribution in [3.8, 4) is 0 Å². The molecule has 0 nitrogen and oxygen atoms in total. The van der Waals surface area contributed by atoms with Gasteiger partial charge >= 0.3 is 0 Å². The zero-order chi connectivity index (χ0) is 51.5. The number of hydrogen-bond donors (Lipinski definition) is 0. The molecule has 72 heavy (non-hydrogen) atoms. The van der Waals surface area contributed by atoms with E-state index < -0.39 is 0 Å². The van der Waals surface area contributed by atoms with Crippen molar-refractivity contribution in [3.63, 3.8) is 0 Å². The molecule has 0 aromatic heterocycles. The molecule has 0 heterocycles. The van der Waals surface area contributed by atoms with Gasteiger partial charge in [-0.3, -0.25) is 0 Å². The summed E-state index contributed by atoms with van der Waals surface area (Å²) in [6, 6.07) is 39.2. The van der Waals surface area contributed by atoms with Gasteiger partial charge in [0, 0.05) is 80.5 Å². The normalized spacial score (nSPS) is 11.8. The highest BCUT2D eigenvalue weighted by molar-refractivity contribution is 9.15. The third kappa shape index (κ3) is 10.8. The van der Waals surface area contributed by atoms with Crippen LogP contribution in [0.15, 0.2) is 190 Å². The smallest absolute Gasteiger partial charge is 0.0324 e. The van der Waals surface area contributed by atoms with Crippen molar-refractivity contribution in [3.05, 3.63) is 190 Å². The first-order valence-corrected chi connectivity index (χ1v) is 34.8. The fourth-order valence-corrected chi connectivity index (χ4v) is 15.1. The standard InChI is InChI=1S/3C18H6Br6/c3*19-13-1-7-8(2-14(13)20)10-4-17(23)18(24)6-12(10)11-5-16(22)15(21)3-9(7)11/h3*1-6H. The summed E-state index contributed by atoms with van der Waals surface area (Å²) in [7, 11) is 0. The van der Waals surface area contributed by atoms with Gasteiger partial charge in [0.1, 0.15) is 0 Å². The van der Waals surface area contributed by atoms with Gasteiger partial charge in [-0.2, -0.15) is 0 Å². The Bertz CT molecular complexity index is 3130. The van der Waals surface area contributed by atoms with E-state index in [2.05, 4.69) is 396 Å². The van der Waals surface area contributed by atoms with E-state index in [0.29, 0.717) is 0 Å². The van der Waals surface area contributed by atoms with Crippen LogP contribution in [0.3, 0.4) is 0 Å². The molecule has 0 aliphatic carbocycles. The lowest BCUT2D eigenvalue weighted by Crippen LogP contribution is -1.86. The molecule has 0 fully saturated rings. The largest absolute Gasteiger partial charge is 0.0496 e. The molecule has 0 atom stereocenters. The monoisotopic (exact) mass is 2090 g/mol. The molecule has 0 unspecified atom stereocenters. The van der Waals surface area contributed by atoms with Gasteiger partial charge in [0.2, 0.25) is 0 Å². The minimum absolute atomic E-state index is 1.05. The Balaban J connectivity index is 0.000000124. The number of halogens is 18. The van der Waals surface area contributed by atoms with Crippen molar-refractivity contribution in [2.45, 2.75) is 0 Å². The van der Waals surface area contributed by atoms with Crippen LogP contribution >= 0.6 is 287 Å². The Labute approximate surface area is 563 Å². The van der Waals surface area contributed by atoms with Crippen molar-refractivity contribution >= 4 is 384 Å². The minimum Gasteiger partial charge on any atom is -0.0496 e. The third-order valence-electron chi connectivity index (χ3n) is 12.2. The zero-order valence-corrected chi connectivity index (χ0v) is 63.7. The van der Waals surface area contributed by atoms with Crippen LogP contribution in [0.4, 0.5) is 0 Å². The van der Waals surface area contributed by atoms with Crippen LogP contribution in [-0.2, 0) is 0 Å². The molecule has 0 amide bonds. The lowest BCUT2D eigenvalue weighted by Gasteiger charge is -2.14. The number of hydrogen-bond acceptors (Lipinski definition) is 0. The van der Waals surface area contributed by atoms with Gasteiger partial charge in [-0.25, -0.2) is 0 Å². The van der Waals surface area contributed by atoms with E-state index in [1.54, 1.807) is 0 Å². The molecule has 12 aromatic rings. The second kappa shape index (κ2) is 22.9. The fourth-order valence-electron chi connectivity index (χ4n) is 8.93. The molecule has 0 aliphatic rings. The summed E-state index contributed by atoms with van der Waals surface area (Å²) in [6.45, 7) is 0. The van der Waals surface area contributed by atoms with E-state index in [1.165, 1.54) is 97.0 Å². The lowest BCUT2D eigenvalue weighted by atomic mass is 9.94. The molecule has 12 aromatic carbocycles. The fraction of sp³-hybridized carbons (Fsp3) is 0. The van der Waals surface area contributed by atoms with Crippen LogP contribution in [0.5, 0.6) is 0 Å². The average Bonchev–Trinajstić information content (AvgIpc) is 3.32. The molecule has 0 radical (unpaired) electrons. The van der Waals surface area contributed by atoms with Crippen molar-refractivity contribution in [1.29, 1.82) is 0 Å². The maximum atomic E-state index is 3.64. The maximum absolute atomic E-state index is 3.64. The van der Waals surface area contributed by atoms with Gasteiger partial charge in [0.05, 0.1) is 0 Å². The van der Waals surface area contributed by atoms with Gasteiger partial charge in [-0.15, -0.1) is 0 Å². The molecule has 18 heteroatoms. The lowest BCUT2D eigenvalue weighted by molar-refractivity contribution is 1.63. The quantitative estimate of drug-likeness (QED) is 0.133. The summed E-state index contributed by atoms with van der Waals surface area (Å²) in [4.78, 5) is 0. The zero-order valence-electron chi connectivity index (χ0n) is 35.2. The Morgan fingerprint density at radius 2 is 0.139 bits per heavy atom. The van der Waals surface area contributed by atoms with Crippen molar-refractivity contribution in [1.82, 2.24) is 0 Å². The van der Waals surface area contributed by atoms with Crippen molar-refractivity contribution < 1.29 is 0 Å². The highest BCUT2D eigenvalue weighted by Crippen LogP contribution is 2.47. The van der Waals surface area contributed by atoms with Crippen molar-refractivity contribution in [2.75, 3.05) is 0 Å². The first-order chi connectivity index (χ1) is 34.1. The number of rotatable bonds is 0. The van der Waals surface area contributed by atoms with Gasteiger partial charge in [0.25, 0.3) is 0 Å². The molecule has 0 spiro atoms. The summed E-state index contributed by atoms with van der Waals surface area (Å²) >= 11 is 65.5. The molecule has 0 saturated heterocycles. The van der Waals surface area contributed by atoms with E-state index in [1.807, 2.05) is 0 Å². The third-order valence-corrected chi connectivity index (χ3v) is 28.8. The minimum atomic E-state index is 1.05. The second-order valence-electron chi connectivity index (χ2n) is 16.3. The summed E-state index contributed by atoms with van der Waals surface area (Å²) in [5.74, 6) is 0. The Kier molecular flexibility index (Phi) is 18.1. The maximum Gasteiger partial charge on any atom is 0.0324 e. The Morgan fingerprint density at radius 3 is 0.181 bits per heavy atom. The predicted molar refractivity (Wildman–Crippen MR) is 375 cm³/mol. The van der Waals surface area contributed by atoms with E-state index in [0.717, 1.165) is 80.5 Å². The molecule has 12 rings (SSSR count). The number of fused-ring (bicyclic) bond motifs is 18. The van der Waals surface area contributed by atoms with Gasteiger partial charge in [0.15, 0.2) is 0 Å². The molecule has 0 bridgehead atoms. The summed E-state index contributed by atoms with van der Waals surface area (Å²) < 4.78 is 18.8. The number of benzene rings is 12. The van der Waals surface area contributed by atoms with E-state index in [4.69, 9.17) is 0 Å². The van der Waals surface area contributed by atoms with Gasteiger partial charge in [-0.1, -0.05) is 0 Å². The molecule has 360 valence electrons. The topological polar surface area (TPSA) is 0 Å². The van der Waals surface area contributed by atoms with Crippen LogP contribution in [0.1, 0.15) is 0 Å². The molecular formula is C54H18Br18. The predicted octanol–water partition coefficient (Wildman–Crippen LogP) is 29.2. The molecule has 0 aliphatic heterocycles. The van der Waals surface area contributed by atoms with Gasteiger partial charge < -0.3 is 0 Å². The highest BCUT2D eigenvalue weighted by atomic mass is 79.9. The Morgan fingerprint density at radius 1 is 0.0972 bits per heavy atom. The summed E-state index contributed by atoms with van der Waals surface area (Å²) in [5, 5.41) is 21.9. The highest BCUT2D eigenvalue weighted by Gasteiger charge is 2.18. The summed E-state index contributed by atoms with van der Waals surface area (Å²) in [5.41, 5.74) is 0. The van der Waals surface area contributed by atoms with E-state index in [-0.39, 0.29) is 0 Å². The second-order valence-corrected chi connectivity index (χ2v) is 31.7. The average molecular weight is 2110 g/mol. The first-order valence-electron chi connectivity index (χ1n) is 20.5. The van der Waals surface area contributed by atoms with Crippen LogP contribution in [0.25, 0.3) is 97.0 Å². The van der Waals surface area contributed by atoms with Gasteiger partial charge in [-0.05, 0) is 493 Å². The van der Waals surface area contributed by atoms with E-state index >= 15 is 0 Å². The van der Waals surface area contributed by atoms with E-state index in [9.17, 15) is 0 Å². The van der Waals surface area contributed by atoms with Crippen LogP contribution in [0.2, 0.25) is 0 Å². The van der Waals surface area contributed by atoms with Crippen LogP contribution < -0.4 is 0 Å². The molecular weight excluding hydrogens is 2090 g/mol. The molecule has 0 saturated carbocycles. The molecule has 0 N–H and O–H groups in total. The van der Waals surface area contributed by atoms with Crippen molar-refractivity contribution in [2.24, 2.45) is 0 Å². The van der Waals surface area contributed by atoms with Crippen LogP contribution in [-0.4, -0.2) is 0 Å².